The summed E-state index contributed by atoms with van der Waals surface area (Å²) in [5.41, 5.74) is 1.00. The van der Waals surface area contributed by atoms with Gasteiger partial charge < -0.3 is 10.1 Å². The SMILES string of the molecule is CCC1=CC=C(OCC(F)(F)F)CN1. The summed E-state index contributed by atoms with van der Waals surface area (Å²) in [4.78, 5) is 0. The third kappa shape index (κ3) is 3.72. The quantitative estimate of drug-likeness (QED) is 0.767. The molecule has 1 heterocycles. The standard InChI is InChI=1S/C9H12F3NO/c1-2-7-3-4-8(5-13-7)14-6-9(10,11)12/h3-4,13H,2,5-6H2,1H3. The summed E-state index contributed by atoms with van der Waals surface area (Å²) in [5.74, 6) is 0.319. The van der Waals surface area contributed by atoms with Gasteiger partial charge in [0.1, 0.15) is 5.76 Å². The average Bonchev–Trinajstić information content (AvgIpc) is 2.14. The van der Waals surface area contributed by atoms with Crippen molar-refractivity contribution in [3.05, 3.63) is 23.6 Å². The van der Waals surface area contributed by atoms with Crippen molar-refractivity contribution in [2.75, 3.05) is 13.2 Å². The zero-order valence-electron chi connectivity index (χ0n) is 7.82. The highest BCUT2D eigenvalue weighted by molar-refractivity contribution is 5.20. The molecule has 0 fully saturated rings. The average molecular weight is 207 g/mol. The Bertz CT molecular complexity index is 255. The van der Waals surface area contributed by atoms with Gasteiger partial charge in [-0.1, -0.05) is 6.92 Å². The van der Waals surface area contributed by atoms with E-state index in [9.17, 15) is 13.2 Å². The molecule has 0 aliphatic carbocycles. The lowest BCUT2D eigenvalue weighted by molar-refractivity contribution is -0.165. The first kappa shape index (κ1) is 10.9. The van der Waals surface area contributed by atoms with E-state index in [-0.39, 0.29) is 0 Å². The summed E-state index contributed by atoms with van der Waals surface area (Å²) >= 11 is 0. The molecule has 5 heteroatoms. The third-order valence-corrected chi connectivity index (χ3v) is 1.76. The molecule has 0 radical (unpaired) electrons. The third-order valence-electron chi connectivity index (χ3n) is 1.76. The minimum absolute atomic E-state index is 0.319. The van der Waals surface area contributed by atoms with Gasteiger partial charge in [0.05, 0.1) is 6.54 Å². The molecule has 0 aromatic rings. The Morgan fingerprint density at radius 1 is 1.43 bits per heavy atom. The van der Waals surface area contributed by atoms with E-state index in [0.717, 1.165) is 12.1 Å². The van der Waals surface area contributed by atoms with Gasteiger partial charge in [0.25, 0.3) is 0 Å². The Balaban J connectivity index is 2.41. The summed E-state index contributed by atoms with van der Waals surface area (Å²) in [7, 11) is 0. The van der Waals surface area contributed by atoms with Crippen LogP contribution in [0.5, 0.6) is 0 Å². The molecule has 0 spiro atoms. The Morgan fingerprint density at radius 3 is 2.57 bits per heavy atom. The van der Waals surface area contributed by atoms with Crippen LogP contribution < -0.4 is 5.32 Å². The highest BCUT2D eigenvalue weighted by Gasteiger charge is 2.28. The van der Waals surface area contributed by atoms with Gasteiger partial charge in [0, 0.05) is 5.70 Å². The number of hydrogen-bond donors (Lipinski definition) is 1. The maximum absolute atomic E-state index is 11.8. The molecule has 2 nitrogen and oxygen atoms in total. The van der Waals surface area contributed by atoms with Gasteiger partial charge in [0.15, 0.2) is 6.61 Å². The fraction of sp³-hybridized carbons (Fsp3) is 0.556. The number of alkyl halides is 3. The Hall–Kier alpha value is -1.13. The Morgan fingerprint density at radius 2 is 2.14 bits per heavy atom. The molecule has 0 atom stereocenters. The van der Waals surface area contributed by atoms with Gasteiger partial charge in [-0.2, -0.15) is 13.2 Å². The van der Waals surface area contributed by atoms with E-state index in [2.05, 4.69) is 10.1 Å². The van der Waals surface area contributed by atoms with E-state index in [4.69, 9.17) is 0 Å². The van der Waals surface area contributed by atoms with Crippen LogP contribution in [0.1, 0.15) is 13.3 Å². The highest BCUT2D eigenvalue weighted by Crippen LogP contribution is 2.17. The molecular formula is C9H12F3NO. The number of hydrogen-bond acceptors (Lipinski definition) is 2. The first-order valence-corrected chi connectivity index (χ1v) is 4.34. The Kier molecular flexibility index (Phi) is 3.43. The van der Waals surface area contributed by atoms with Crippen molar-refractivity contribution in [1.29, 1.82) is 0 Å². The molecule has 1 N–H and O–H groups in total. The van der Waals surface area contributed by atoms with Crippen LogP contribution in [0.2, 0.25) is 0 Å². The van der Waals surface area contributed by atoms with E-state index < -0.39 is 12.8 Å². The molecule has 1 aliphatic rings. The molecule has 14 heavy (non-hydrogen) atoms. The van der Waals surface area contributed by atoms with Crippen molar-refractivity contribution in [1.82, 2.24) is 5.32 Å². The van der Waals surface area contributed by atoms with Crippen molar-refractivity contribution in [2.24, 2.45) is 0 Å². The highest BCUT2D eigenvalue weighted by atomic mass is 19.4. The summed E-state index contributed by atoms with van der Waals surface area (Å²) in [6, 6.07) is 0. The zero-order chi connectivity index (χ0) is 10.6. The number of ether oxygens (including phenoxy) is 1. The fourth-order valence-corrected chi connectivity index (χ4v) is 1.03. The van der Waals surface area contributed by atoms with Crippen LogP contribution in [0.15, 0.2) is 23.6 Å². The van der Waals surface area contributed by atoms with Crippen LogP contribution in [0.25, 0.3) is 0 Å². The predicted molar refractivity (Wildman–Crippen MR) is 46.5 cm³/mol. The molecule has 0 bridgehead atoms. The normalized spacial score (nSPS) is 16.9. The maximum Gasteiger partial charge on any atom is 0.422 e. The predicted octanol–water partition coefficient (Wildman–Crippen LogP) is 2.35. The summed E-state index contributed by atoms with van der Waals surface area (Å²) in [6.45, 7) is 1.07. The summed E-state index contributed by atoms with van der Waals surface area (Å²) in [6.07, 6.45) is -0.130. The molecule has 0 amide bonds. The minimum Gasteiger partial charge on any atom is -0.487 e. The van der Waals surface area contributed by atoms with Crippen LogP contribution in [-0.4, -0.2) is 19.3 Å². The van der Waals surface area contributed by atoms with E-state index in [1.165, 1.54) is 0 Å². The number of nitrogens with one attached hydrogen (secondary N) is 1. The molecule has 0 saturated heterocycles. The van der Waals surface area contributed by atoms with Crippen molar-refractivity contribution >= 4 is 0 Å². The second-order valence-electron chi connectivity index (χ2n) is 2.94. The van der Waals surface area contributed by atoms with Crippen molar-refractivity contribution in [2.45, 2.75) is 19.5 Å². The topological polar surface area (TPSA) is 21.3 Å². The minimum atomic E-state index is -4.27. The van der Waals surface area contributed by atoms with E-state index in [0.29, 0.717) is 12.3 Å². The number of dihydropyridines is 1. The summed E-state index contributed by atoms with van der Waals surface area (Å²) < 4.78 is 39.9. The van der Waals surface area contributed by atoms with Crippen molar-refractivity contribution in [3.8, 4) is 0 Å². The molecule has 1 rings (SSSR count). The van der Waals surface area contributed by atoms with E-state index >= 15 is 0 Å². The molecule has 0 saturated carbocycles. The molecule has 0 aromatic heterocycles. The van der Waals surface area contributed by atoms with Gasteiger partial charge in [-0.15, -0.1) is 0 Å². The zero-order valence-corrected chi connectivity index (χ0v) is 7.82. The van der Waals surface area contributed by atoms with Crippen molar-refractivity contribution in [3.63, 3.8) is 0 Å². The largest absolute Gasteiger partial charge is 0.487 e. The molecule has 80 valence electrons. The second kappa shape index (κ2) is 4.39. The lowest BCUT2D eigenvalue weighted by atomic mass is 10.2. The van der Waals surface area contributed by atoms with Gasteiger partial charge in [0.2, 0.25) is 0 Å². The summed E-state index contributed by atoms with van der Waals surface area (Å²) in [5, 5.41) is 2.96. The lowest BCUT2D eigenvalue weighted by Gasteiger charge is -2.17. The molecule has 1 aliphatic heterocycles. The van der Waals surface area contributed by atoms with Crippen LogP contribution in [-0.2, 0) is 4.74 Å². The van der Waals surface area contributed by atoms with E-state index in [1.54, 1.807) is 12.2 Å². The Labute approximate surface area is 80.4 Å². The van der Waals surface area contributed by atoms with E-state index in [1.807, 2.05) is 6.92 Å². The molecule has 0 aromatic carbocycles. The maximum atomic E-state index is 11.8. The monoisotopic (exact) mass is 207 g/mol. The molecule has 0 unspecified atom stereocenters. The number of halogens is 3. The lowest BCUT2D eigenvalue weighted by Crippen LogP contribution is -2.24. The first-order valence-electron chi connectivity index (χ1n) is 4.34. The second-order valence-corrected chi connectivity index (χ2v) is 2.94. The van der Waals surface area contributed by atoms with Gasteiger partial charge in [-0.25, -0.2) is 0 Å². The van der Waals surface area contributed by atoms with Crippen LogP contribution in [0, 0.1) is 0 Å². The van der Waals surface area contributed by atoms with Crippen molar-refractivity contribution < 1.29 is 17.9 Å². The van der Waals surface area contributed by atoms with Crippen LogP contribution >= 0.6 is 0 Å². The number of allylic oxidation sites excluding steroid dienone is 3. The fourth-order valence-electron chi connectivity index (χ4n) is 1.03. The number of rotatable bonds is 3. The first-order chi connectivity index (χ1) is 6.51. The smallest absolute Gasteiger partial charge is 0.422 e. The van der Waals surface area contributed by atoms with Crippen LogP contribution in [0.4, 0.5) is 13.2 Å². The van der Waals surface area contributed by atoms with Gasteiger partial charge in [-0.3, -0.25) is 0 Å². The van der Waals surface area contributed by atoms with Crippen LogP contribution in [0.3, 0.4) is 0 Å². The molecular weight excluding hydrogens is 195 g/mol. The van der Waals surface area contributed by atoms with Gasteiger partial charge in [-0.05, 0) is 18.6 Å². The van der Waals surface area contributed by atoms with Gasteiger partial charge >= 0.3 is 6.18 Å².